The van der Waals surface area contributed by atoms with E-state index in [0.29, 0.717) is 21.8 Å². The smallest absolute Gasteiger partial charge is 0.189 e. The number of aromatic amines is 2. The number of hydrogen-bond donors (Lipinski definition) is 2. The molecule has 3 aromatic rings. The minimum atomic E-state index is -0.415. The lowest BCUT2D eigenvalue weighted by Crippen LogP contribution is -2.04. The van der Waals surface area contributed by atoms with Crippen LogP contribution in [0, 0.1) is 5.82 Å². The second-order valence-electron chi connectivity index (χ2n) is 3.93. The van der Waals surface area contributed by atoms with Crippen molar-refractivity contribution < 1.29 is 4.39 Å². The Hall–Kier alpha value is -2.15. The third-order valence-corrected chi connectivity index (χ3v) is 3.53. The first kappa shape index (κ1) is 11.9. The fraction of sp³-hybridized carbons (Fsp3) is 0.0833. The maximum atomic E-state index is 13.1. The zero-order valence-electron chi connectivity index (χ0n) is 9.68. The second kappa shape index (κ2) is 4.85. The van der Waals surface area contributed by atoms with Crippen LogP contribution in [0.1, 0.15) is 5.69 Å². The summed E-state index contributed by atoms with van der Waals surface area (Å²) in [5, 5.41) is 7.50. The Labute approximate surface area is 111 Å². The molecule has 2 aromatic heterocycles. The minimum absolute atomic E-state index is 0.193. The lowest BCUT2D eigenvalue weighted by molar-refractivity contribution is 0.629. The third-order valence-electron chi connectivity index (χ3n) is 2.60. The number of nitrogens with one attached hydrogen (secondary N) is 2. The molecule has 0 aliphatic carbocycles. The SMILES string of the molecule is O=c1cc(CSc2ncn[nH]2)[nH]c2ccc(F)cc12. The molecular formula is C12H9FN4OS. The van der Waals surface area contributed by atoms with Crippen LogP contribution in [0.25, 0.3) is 10.9 Å². The lowest BCUT2D eigenvalue weighted by Gasteiger charge is -2.03. The highest BCUT2D eigenvalue weighted by molar-refractivity contribution is 7.98. The van der Waals surface area contributed by atoms with Crippen molar-refractivity contribution in [3.05, 3.63) is 52.3 Å². The van der Waals surface area contributed by atoms with Gasteiger partial charge in [0.05, 0.1) is 0 Å². The van der Waals surface area contributed by atoms with E-state index in [1.54, 1.807) is 6.07 Å². The molecule has 3 rings (SSSR count). The van der Waals surface area contributed by atoms with Crippen molar-refractivity contribution in [1.29, 1.82) is 0 Å². The van der Waals surface area contributed by atoms with Crippen LogP contribution in [0.2, 0.25) is 0 Å². The van der Waals surface area contributed by atoms with Gasteiger partial charge in [-0.05, 0) is 18.2 Å². The summed E-state index contributed by atoms with van der Waals surface area (Å²) in [7, 11) is 0. The molecule has 5 nitrogen and oxygen atoms in total. The number of hydrogen-bond acceptors (Lipinski definition) is 4. The number of benzene rings is 1. The Morgan fingerprint density at radius 1 is 1.32 bits per heavy atom. The van der Waals surface area contributed by atoms with Crippen molar-refractivity contribution in [3.63, 3.8) is 0 Å². The Kier molecular flexibility index (Phi) is 3.04. The summed E-state index contributed by atoms with van der Waals surface area (Å²) in [4.78, 5) is 19.0. The van der Waals surface area contributed by atoms with Crippen molar-refractivity contribution in [1.82, 2.24) is 20.2 Å². The molecule has 0 amide bonds. The van der Waals surface area contributed by atoms with Gasteiger partial charge in [0.1, 0.15) is 12.1 Å². The maximum absolute atomic E-state index is 13.1. The number of rotatable bonds is 3. The molecule has 19 heavy (non-hydrogen) atoms. The predicted molar refractivity (Wildman–Crippen MR) is 70.5 cm³/mol. The number of aromatic nitrogens is 4. The molecule has 0 aliphatic rings. The number of pyridine rings is 1. The van der Waals surface area contributed by atoms with Crippen molar-refractivity contribution >= 4 is 22.7 Å². The number of thioether (sulfide) groups is 1. The highest BCUT2D eigenvalue weighted by Crippen LogP contribution is 2.18. The van der Waals surface area contributed by atoms with E-state index in [2.05, 4.69) is 20.2 Å². The van der Waals surface area contributed by atoms with E-state index in [-0.39, 0.29) is 5.43 Å². The number of H-pyrrole nitrogens is 2. The van der Waals surface area contributed by atoms with Crippen LogP contribution in [0.5, 0.6) is 0 Å². The van der Waals surface area contributed by atoms with E-state index in [9.17, 15) is 9.18 Å². The molecule has 0 fully saturated rings. The monoisotopic (exact) mass is 276 g/mol. The van der Waals surface area contributed by atoms with Gasteiger partial charge in [-0.25, -0.2) is 9.37 Å². The molecule has 96 valence electrons. The van der Waals surface area contributed by atoms with E-state index in [1.807, 2.05) is 0 Å². The lowest BCUT2D eigenvalue weighted by atomic mass is 10.2. The molecule has 1 aromatic carbocycles. The Morgan fingerprint density at radius 2 is 2.21 bits per heavy atom. The Morgan fingerprint density at radius 3 is 3.00 bits per heavy atom. The molecule has 0 saturated carbocycles. The fourth-order valence-electron chi connectivity index (χ4n) is 1.76. The molecule has 0 bridgehead atoms. The maximum Gasteiger partial charge on any atom is 0.189 e. The molecule has 2 N–H and O–H groups in total. The van der Waals surface area contributed by atoms with Gasteiger partial charge in [0.25, 0.3) is 0 Å². The Balaban J connectivity index is 1.93. The highest BCUT2D eigenvalue weighted by Gasteiger charge is 2.05. The molecule has 0 saturated heterocycles. The van der Waals surface area contributed by atoms with Crippen LogP contribution in [0.3, 0.4) is 0 Å². The normalized spacial score (nSPS) is 11.0. The van der Waals surface area contributed by atoms with Crippen LogP contribution in [-0.4, -0.2) is 20.2 Å². The molecule has 0 radical (unpaired) electrons. The standard InChI is InChI=1S/C12H9FN4OS/c13-7-1-2-10-9(3-7)11(18)4-8(16-10)5-19-12-14-6-15-17-12/h1-4,6H,5H2,(H,16,18)(H,14,15,17). The summed E-state index contributed by atoms with van der Waals surface area (Å²) in [5.74, 6) is 0.138. The first-order chi connectivity index (χ1) is 9.22. The topological polar surface area (TPSA) is 74.4 Å². The van der Waals surface area contributed by atoms with E-state index in [1.165, 1.54) is 36.3 Å². The molecule has 2 heterocycles. The molecule has 0 atom stereocenters. The van der Waals surface area contributed by atoms with E-state index < -0.39 is 5.82 Å². The van der Waals surface area contributed by atoms with Gasteiger partial charge in [-0.1, -0.05) is 11.8 Å². The third kappa shape index (κ3) is 2.50. The summed E-state index contributed by atoms with van der Waals surface area (Å²) >= 11 is 1.43. The summed E-state index contributed by atoms with van der Waals surface area (Å²) in [5.41, 5.74) is 1.19. The number of nitrogens with zero attached hydrogens (tertiary/aromatic N) is 2. The van der Waals surface area contributed by atoms with E-state index in [4.69, 9.17) is 0 Å². The van der Waals surface area contributed by atoms with Crippen molar-refractivity contribution in [2.24, 2.45) is 0 Å². The highest BCUT2D eigenvalue weighted by atomic mass is 32.2. The molecule has 0 unspecified atom stereocenters. The van der Waals surface area contributed by atoms with Gasteiger partial charge in [-0.15, -0.1) is 0 Å². The fourth-order valence-corrected chi connectivity index (χ4v) is 2.45. The van der Waals surface area contributed by atoms with Crippen LogP contribution in [0.15, 0.2) is 40.5 Å². The van der Waals surface area contributed by atoms with E-state index >= 15 is 0 Å². The first-order valence-electron chi connectivity index (χ1n) is 5.52. The zero-order valence-corrected chi connectivity index (χ0v) is 10.5. The molecular weight excluding hydrogens is 267 g/mol. The molecule has 0 spiro atoms. The van der Waals surface area contributed by atoms with Crippen LogP contribution >= 0.6 is 11.8 Å². The summed E-state index contributed by atoms with van der Waals surface area (Å²) in [6.45, 7) is 0. The minimum Gasteiger partial charge on any atom is -0.357 e. The van der Waals surface area contributed by atoms with Crippen LogP contribution < -0.4 is 5.43 Å². The molecule has 7 heteroatoms. The largest absolute Gasteiger partial charge is 0.357 e. The summed E-state index contributed by atoms with van der Waals surface area (Å²) in [6.07, 6.45) is 1.42. The van der Waals surface area contributed by atoms with Gasteiger partial charge in [-0.3, -0.25) is 9.89 Å². The summed E-state index contributed by atoms with van der Waals surface area (Å²) < 4.78 is 13.1. The number of fused-ring (bicyclic) bond motifs is 1. The van der Waals surface area contributed by atoms with Gasteiger partial charge in [0.2, 0.25) is 0 Å². The van der Waals surface area contributed by atoms with Gasteiger partial charge >= 0.3 is 0 Å². The average molecular weight is 276 g/mol. The molecule has 0 aliphatic heterocycles. The summed E-state index contributed by atoms with van der Waals surface area (Å²) in [6, 6.07) is 5.60. The average Bonchev–Trinajstić information content (AvgIpc) is 2.90. The van der Waals surface area contributed by atoms with Crippen molar-refractivity contribution in [2.75, 3.05) is 0 Å². The number of halogens is 1. The quantitative estimate of drug-likeness (QED) is 0.718. The van der Waals surface area contributed by atoms with Gasteiger partial charge in [0, 0.05) is 28.4 Å². The van der Waals surface area contributed by atoms with Crippen molar-refractivity contribution in [3.8, 4) is 0 Å². The first-order valence-corrected chi connectivity index (χ1v) is 6.50. The Bertz CT molecular complexity index is 769. The second-order valence-corrected chi connectivity index (χ2v) is 4.89. The van der Waals surface area contributed by atoms with Gasteiger partial charge in [-0.2, -0.15) is 5.10 Å². The van der Waals surface area contributed by atoms with Crippen molar-refractivity contribution in [2.45, 2.75) is 10.9 Å². The van der Waals surface area contributed by atoms with Gasteiger partial charge < -0.3 is 4.98 Å². The van der Waals surface area contributed by atoms with Gasteiger partial charge in [0.15, 0.2) is 10.6 Å². The van der Waals surface area contributed by atoms with E-state index in [0.717, 1.165) is 5.69 Å². The zero-order chi connectivity index (χ0) is 13.2. The van der Waals surface area contributed by atoms with Crippen LogP contribution in [0.4, 0.5) is 4.39 Å². The predicted octanol–water partition coefficient (Wildman–Crippen LogP) is 2.08. The van der Waals surface area contributed by atoms with Crippen LogP contribution in [-0.2, 0) is 5.75 Å².